The lowest BCUT2D eigenvalue weighted by Crippen LogP contribution is -2.52. The Morgan fingerprint density at radius 3 is 2.50 bits per heavy atom. The fraction of sp³-hybridized carbons (Fsp3) is 0.469. The highest BCUT2D eigenvalue weighted by atomic mass is 19.2. The maximum Gasteiger partial charge on any atom is 0.308 e. The number of halogens is 2. The number of likely N-dealkylation sites (tertiary alicyclic amines) is 1. The predicted octanol–water partition coefficient (Wildman–Crippen LogP) is 4.65. The van der Waals surface area contributed by atoms with Crippen molar-refractivity contribution in [2.45, 2.75) is 66.3 Å². The number of amides is 2. The maximum absolute atomic E-state index is 15.5. The first kappa shape index (κ1) is 29.5. The number of fused-ring (bicyclic) bond motifs is 1. The topological polar surface area (TPSA) is 97.0 Å². The molecular formula is C32H37F2N3O5. The molecule has 5 atom stereocenters. The molecule has 8 nitrogen and oxygen atoms in total. The normalized spacial score (nSPS) is 24.2. The fourth-order valence-electron chi connectivity index (χ4n) is 6.68. The van der Waals surface area contributed by atoms with Gasteiger partial charge in [-0.15, -0.1) is 0 Å². The third-order valence-electron chi connectivity index (χ3n) is 8.91. The summed E-state index contributed by atoms with van der Waals surface area (Å²) in [4.78, 5) is 41.6. The molecule has 2 amide bonds. The molecule has 3 unspecified atom stereocenters. The summed E-state index contributed by atoms with van der Waals surface area (Å²) in [5.74, 6) is -3.87. The molecule has 0 bridgehead atoms. The number of hydrogen-bond acceptors (Lipinski definition) is 6. The zero-order valence-corrected chi connectivity index (χ0v) is 24.7. The van der Waals surface area contributed by atoms with Gasteiger partial charge < -0.3 is 25.0 Å². The van der Waals surface area contributed by atoms with E-state index in [1.54, 1.807) is 13.8 Å². The van der Waals surface area contributed by atoms with Crippen LogP contribution in [0.5, 0.6) is 0 Å². The summed E-state index contributed by atoms with van der Waals surface area (Å²) in [5, 5.41) is 5.76. The van der Waals surface area contributed by atoms with E-state index >= 15 is 8.78 Å². The van der Waals surface area contributed by atoms with Crippen molar-refractivity contribution < 1.29 is 32.6 Å². The number of carbonyl (C=O) groups is 3. The summed E-state index contributed by atoms with van der Waals surface area (Å²) in [6.07, 6.45) is 0.556. The van der Waals surface area contributed by atoms with Gasteiger partial charge in [-0.05, 0) is 79.3 Å². The van der Waals surface area contributed by atoms with Gasteiger partial charge in [0.25, 0.3) is 5.91 Å². The van der Waals surface area contributed by atoms with Crippen molar-refractivity contribution in [1.82, 2.24) is 15.5 Å². The van der Waals surface area contributed by atoms with Crippen molar-refractivity contribution in [3.8, 4) is 11.1 Å². The van der Waals surface area contributed by atoms with Crippen LogP contribution >= 0.6 is 0 Å². The number of nitrogens with zero attached hydrogens (tertiary/aromatic N) is 1. The molecule has 2 N–H and O–H groups in total. The summed E-state index contributed by atoms with van der Waals surface area (Å²) in [6, 6.07) is 6.13. The summed E-state index contributed by atoms with van der Waals surface area (Å²) < 4.78 is 41.1. The van der Waals surface area contributed by atoms with E-state index < -0.39 is 42.0 Å². The first-order valence-electron chi connectivity index (χ1n) is 14.3. The van der Waals surface area contributed by atoms with Crippen molar-refractivity contribution in [3.63, 3.8) is 0 Å². The van der Waals surface area contributed by atoms with Gasteiger partial charge in [0.15, 0.2) is 17.9 Å². The number of benzene rings is 2. The van der Waals surface area contributed by atoms with Gasteiger partial charge in [-0.25, -0.2) is 8.78 Å². The monoisotopic (exact) mass is 581 g/mol. The second kappa shape index (κ2) is 11.0. The highest BCUT2D eigenvalue weighted by Crippen LogP contribution is 2.65. The van der Waals surface area contributed by atoms with E-state index in [2.05, 4.69) is 10.6 Å². The standard InChI is InChI=1S/C32H37F2N3O5/c1-7-41-25(38)13-23(20-11-19(12-22(33)28(20)34)26-16(2)9-8-10-17(26)3)36-30(39)29-27-21(32(27,5)6)14-37(29)31(40)24-15-42-18(4)35-24/h8-12,15,18,21,23,27,29,35H,7,13-14H2,1-6H3,(H,36,39)/t18?,21?,23-,27?,29-/m0/s1. The largest absolute Gasteiger partial charge is 0.476 e. The Balaban J connectivity index is 1.50. The second-order valence-corrected chi connectivity index (χ2v) is 12.0. The highest BCUT2D eigenvalue weighted by molar-refractivity contribution is 5.98. The molecule has 0 radical (unpaired) electrons. The molecule has 42 heavy (non-hydrogen) atoms. The number of hydrogen-bond donors (Lipinski definition) is 2. The van der Waals surface area contributed by atoms with Gasteiger partial charge in [-0.1, -0.05) is 32.0 Å². The molecule has 0 aromatic heterocycles. The summed E-state index contributed by atoms with van der Waals surface area (Å²) in [6.45, 7) is 11.7. The van der Waals surface area contributed by atoms with Gasteiger partial charge in [0, 0.05) is 12.1 Å². The van der Waals surface area contributed by atoms with Crippen LogP contribution in [0.15, 0.2) is 42.3 Å². The molecule has 1 saturated heterocycles. The Bertz CT molecular complexity index is 1450. The number of carbonyl (C=O) groups excluding carboxylic acids is 3. The Labute approximate surface area is 244 Å². The van der Waals surface area contributed by atoms with E-state index in [4.69, 9.17) is 9.47 Å². The number of rotatable bonds is 8. The molecule has 10 heteroatoms. The third-order valence-corrected chi connectivity index (χ3v) is 8.91. The molecule has 2 heterocycles. The van der Waals surface area contributed by atoms with Gasteiger partial charge in [-0.2, -0.15) is 0 Å². The fourth-order valence-corrected chi connectivity index (χ4v) is 6.68. The molecule has 2 aliphatic heterocycles. The van der Waals surface area contributed by atoms with Crippen LogP contribution in [0.2, 0.25) is 0 Å². The number of aryl methyl sites for hydroxylation is 2. The molecule has 2 fully saturated rings. The zero-order valence-electron chi connectivity index (χ0n) is 24.7. The number of nitrogens with one attached hydrogen (secondary N) is 2. The predicted molar refractivity (Wildman–Crippen MR) is 151 cm³/mol. The Hall–Kier alpha value is -3.95. The van der Waals surface area contributed by atoms with E-state index in [1.165, 1.54) is 17.2 Å². The lowest BCUT2D eigenvalue weighted by atomic mass is 9.91. The van der Waals surface area contributed by atoms with Crippen LogP contribution < -0.4 is 10.6 Å². The lowest BCUT2D eigenvalue weighted by molar-refractivity contribution is -0.144. The van der Waals surface area contributed by atoms with Crippen LogP contribution in [-0.2, 0) is 23.9 Å². The van der Waals surface area contributed by atoms with E-state index in [0.29, 0.717) is 12.1 Å². The average Bonchev–Trinajstić information content (AvgIpc) is 3.29. The van der Waals surface area contributed by atoms with E-state index in [9.17, 15) is 14.4 Å². The van der Waals surface area contributed by atoms with E-state index in [1.807, 2.05) is 45.9 Å². The van der Waals surface area contributed by atoms with Crippen LogP contribution in [0.3, 0.4) is 0 Å². The first-order valence-corrected chi connectivity index (χ1v) is 14.3. The van der Waals surface area contributed by atoms with Crippen molar-refractivity contribution in [1.29, 1.82) is 0 Å². The van der Waals surface area contributed by atoms with Gasteiger partial charge >= 0.3 is 5.97 Å². The van der Waals surface area contributed by atoms with Crippen molar-refractivity contribution in [3.05, 3.63) is 70.6 Å². The van der Waals surface area contributed by atoms with Gasteiger partial charge in [0.1, 0.15) is 18.0 Å². The molecule has 1 aliphatic carbocycles. The molecule has 0 spiro atoms. The molecule has 1 saturated carbocycles. The second-order valence-electron chi connectivity index (χ2n) is 12.0. The van der Waals surface area contributed by atoms with Crippen LogP contribution in [-0.4, -0.2) is 48.1 Å². The van der Waals surface area contributed by atoms with Crippen LogP contribution in [0, 0.1) is 42.7 Å². The summed E-state index contributed by atoms with van der Waals surface area (Å²) in [7, 11) is 0. The molecular weight excluding hydrogens is 544 g/mol. The number of esters is 1. The van der Waals surface area contributed by atoms with Crippen LogP contribution in [0.25, 0.3) is 11.1 Å². The third kappa shape index (κ3) is 5.23. The molecule has 2 aromatic rings. The van der Waals surface area contributed by atoms with Gasteiger partial charge in [-0.3, -0.25) is 14.4 Å². The molecule has 2 aromatic carbocycles. The Morgan fingerprint density at radius 1 is 1.19 bits per heavy atom. The minimum absolute atomic E-state index is 0.0875. The summed E-state index contributed by atoms with van der Waals surface area (Å²) in [5.41, 5.74) is 2.80. The van der Waals surface area contributed by atoms with Crippen molar-refractivity contribution >= 4 is 17.8 Å². The van der Waals surface area contributed by atoms with Crippen LogP contribution in [0.4, 0.5) is 8.78 Å². The Morgan fingerprint density at radius 2 is 1.88 bits per heavy atom. The summed E-state index contributed by atoms with van der Waals surface area (Å²) >= 11 is 0. The van der Waals surface area contributed by atoms with E-state index in [-0.39, 0.29) is 47.3 Å². The zero-order chi connectivity index (χ0) is 30.5. The maximum atomic E-state index is 15.5. The van der Waals surface area contributed by atoms with Crippen LogP contribution in [0.1, 0.15) is 56.8 Å². The molecule has 5 rings (SSSR count). The van der Waals surface area contributed by atoms with E-state index in [0.717, 1.165) is 22.8 Å². The molecule has 3 aliphatic rings. The quantitative estimate of drug-likeness (QED) is 0.441. The Kier molecular flexibility index (Phi) is 7.76. The van der Waals surface area contributed by atoms with Crippen molar-refractivity contribution in [2.24, 2.45) is 17.3 Å². The number of piperidine rings is 1. The first-order chi connectivity index (χ1) is 19.8. The average molecular weight is 582 g/mol. The molecule has 224 valence electrons. The SMILES string of the molecule is CCOC(=O)C[C@H](NC(=O)[C@@H]1C2C(CN1C(=O)C1=COC(C)N1)C2(C)C)c1cc(-c2c(C)cccc2C)cc(F)c1F. The minimum atomic E-state index is -1.24. The van der Waals surface area contributed by atoms with Crippen molar-refractivity contribution in [2.75, 3.05) is 13.2 Å². The minimum Gasteiger partial charge on any atom is -0.476 e. The van der Waals surface area contributed by atoms with Gasteiger partial charge in [0.2, 0.25) is 5.91 Å². The number of ether oxygens (including phenoxy) is 2. The highest BCUT2D eigenvalue weighted by Gasteiger charge is 2.69. The smallest absolute Gasteiger partial charge is 0.308 e. The lowest BCUT2D eigenvalue weighted by Gasteiger charge is -2.31. The van der Waals surface area contributed by atoms with Gasteiger partial charge in [0.05, 0.1) is 19.1 Å².